The molecule has 0 aliphatic heterocycles. The van der Waals surface area contributed by atoms with Crippen molar-refractivity contribution in [3.05, 3.63) is 53.1 Å². The van der Waals surface area contributed by atoms with E-state index < -0.39 is 0 Å². The Balaban J connectivity index is 1.59. The van der Waals surface area contributed by atoms with E-state index in [4.69, 9.17) is 14.2 Å². The SMILES string of the molecule is COc1cc(CNC2CC(c3ccccc3C)C2)cc(OC)c1OC. The quantitative estimate of drug-likeness (QED) is 0.824. The van der Waals surface area contributed by atoms with Crippen molar-refractivity contribution < 1.29 is 14.2 Å². The van der Waals surface area contributed by atoms with Crippen molar-refractivity contribution in [3.8, 4) is 17.2 Å². The van der Waals surface area contributed by atoms with Gasteiger partial charge in [0.2, 0.25) is 5.75 Å². The van der Waals surface area contributed by atoms with Crippen LogP contribution in [-0.2, 0) is 6.54 Å². The minimum absolute atomic E-state index is 0.559. The first-order valence-electron chi connectivity index (χ1n) is 8.74. The lowest BCUT2D eigenvalue weighted by atomic mass is 9.74. The molecule has 134 valence electrons. The number of benzene rings is 2. The molecule has 0 saturated heterocycles. The Kier molecular flexibility index (Phi) is 5.49. The average Bonchev–Trinajstić information content (AvgIpc) is 2.60. The molecule has 4 nitrogen and oxygen atoms in total. The molecule has 2 aromatic carbocycles. The fourth-order valence-electron chi connectivity index (χ4n) is 3.58. The van der Waals surface area contributed by atoms with Gasteiger partial charge in [0.25, 0.3) is 0 Å². The molecule has 0 aromatic heterocycles. The molecule has 1 N–H and O–H groups in total. The van der Waals surface area contributed by atoms with E-state index in [1.165, 1.54) is 24.0 Å². The Labute approximate surface area is 150 Å². The van der Waals surface area contributed by atoms with Crippen molar-refractivity contribution in [2.45, 2.75) is 38.3 Å². The summed E-state index contributed by atoms with van der Waals surface area (Å²) in [7, 11) is 4.92. The van der Waals surface area contributed by atoms with Crippen molar-refractivity contribution in [3.63, 3.8) is 0 Å². The molecule has 1 aliphatic rings. The topological polar surface area (TPSA) is 39.7 Å². The van der Waals surface area contributed by atoms with Gasteiger partial charge in [0.05, 0.1) is 21.3 Å². The highest BCUT2D eigenvalue weighted by Gasteiger charge is 2.30. The Hall–Kier alpha value is -2.20. The molecule has 4 heteroatoms. The zero-order valence-corrected chi connectivity index (χ0v) is 15.5. The molecule has 25 heavy (non-hydrogen) atoms. The van der Waals surface area contributed by atoms with Gasteiger partial charge >= 0.3 is 0 Å². The fraction of sp³-hybridized carbons (Fsp3) is 0.429. The summed E-state index contributed by atoms with van der Waals surface area (Å²) in [5.41, 5.74) is 4.03. The smallest absolute Gasteiger partial charge is 0.203 e. The molecule has 2 aromatic rings. The van der Waals surface area contributed by atoms with Crippen LogP contribution in [0.5, 0.6) is 17.2 Å². The Morgan fingerprint density at radius 3 is 2.16 bits per heavy atom. The van der Waals surface area contributed by atoms with E-state index in [0.717, 1.165) is 12.1 Å². The summed E-state index contributed by atoms with van der Waals surface area (Å²) in [5, 5.41) is 3.64. The van der Waals surface area contributed by atoms with Gasteiger partial charge in [-0.05, 0) is 54.5 Å². The lowest BCUT2D eigenvalue weighted by Gasteiger charge is -2.37. The van der Waals surface area contributed by atoms with Crippen LogP contribution < -0.4 is 19.5 Å². The highest BCUT2D eigenvalue weighted by Crippen LogP contribution is 2.40. The number of rotatable bonds is 7. The molecular weight excluding hydrogens is 314 g/mol. The van der Waals surface area contributed by atoms with Crippen LogP contribution in [0.2, 0.25) is 0 Å². The zero-order valence-electron chi connectivity index (χ0n) is 15.5. The van der Waals surface area contributed by atoms with Crippen LogP contribution in [0.3, 0.4) is 0 Å². The number of methoxy groups -OCH3 is 3. The summed E-state index contributed by atoms with van der Waals surface area (Å²) >= 11 is 0. The summed E-state index contributed by atoms with van der Waals surface area (Å²) in [6.45, 7) is 2.99. The number of nitrogens with one attached hydrogen (secondary N) is 1. The average molecular weight is 341 g/mol. The van der Waals surface area contributed by atoms with Crippen LogP contribution in [0.25, 0.3) is 0 Å². The van der Waals surface area contributed by atoms with Crippen LogP contribution in [0.15, 0.2) is 36.4 Å². The molecule has 1 saturated carbocycles. The van der Waals surface area contributed by atoms with Crippen LogP contribution in [0, 0.1) is 6.92 Å². The molecule has 0 bridgehead atoms. The zero-order chi connectivity index (χ0) is 17.8. The Morgan fingerprint density at radius 1 is 0.960 bits per heavy atom. The number of hydrogen-bond acceptors (Lipinski definition) is 4. The first-order chi connectivity index (χ1) is 12.2. The van der Waals surface area contributed by atoms with Crippen molar-refractivity contribution in [1.29, 1.82) is 0 Å². The largest absolute Gasteiger partial charge is 0.493 e. The van der Waals surface area contributed by atoms with Gasteiger partial charge in [-0.25, -0.2) is 0 Å². The third kappa shape index (κ3) is 3.74. The minimum atomic E-state index is 0.559. The monoisotopic (exact) mass is 341 g/mol. The van der Waals surface area contributed by atoms with Gasteiger partial charge in [-0.15, -0.1) is 0 Å². The molecule has 0 unspecified atom stereocenters. The maximum Gasteiger partial charge on any atom is 0.203 e. The van der Waals surface area contributed by atoms with E-state index in [0.29, 0.717) is 29.2 Å². The van der Waals surface area contributed by atoms with E-state index in [-0.39, 0.29) is 0 Å². The molecule has 0 radical (unpaired) electrons. The number of ether oxygens (including phenoxy) is 3. The number of hydrogen-bond donors (Lipinski definition) is 1. The van der Waals surface area contributed by atoms with E-state index in [2.05, 4.69) is 36.5 Å². The van der Waals surface area contributed by atoms with Gasteiger partial charge in [0.1, 0.15) is 0 Å². The third-order valence-corrected chi connectivity index (χ3v) is 5.09. The van der Waals surface area contributed by atoms with Gasteiger partial charge < -0.3 is 19.5 Å². The molecule has 0 atom stereocenters. The normalized spacial score (nSPS) is 19.2. The van der Waals surface area contributed by atoms with Crippen molar-refractivity contribution in [2.75, 3.05) is 21.3 Å². The molecular formula is C21H27NO3. The van der Waals surface area contributed by atoms with Crippen molar-refractivity contribution >= 4 is 0 Å². The maximum absolute atomic E-state index is 5.42. The molecule has 0 spiro atoms. The van der Waals surface area contributed by atoms with E-state index >= 15 is 0 Å². The maximum atomic E-state index is 5.42. The standard InChI is InChI=1S/C21H27NO3/c1-14-7-5-6-8-18(14)16-11-17(12-16)22-13-15-9-19(23-2)21(25-4)20(10-15)24-3/h5-10,16-17,22H,11-13H2,1-4H3. The van der Waals surface area contributed by atoms with E-state index in [9.17, 15) is 0 Å². The summed E-state index contributed by atoms with van der Waals surface area (Å²) in [4.78, 5) is 0. The molecule has 0 amide bonds. The Bertz CT molecular complexity index is 698. The molecule has 1 fully saturated rings. The lowest BCUT2D eigenvalue weighted by Crippen LogP contribution is -2.39. The van der Waals surface area contributed by atoms with Gasteiger partial charge in [0, 0.05) is 12.6 Å². The highest BCUT2D eigenvalue weighted by atomic mass is 16.5. The first kappa shape index (κ1) is 17.6. The second kappa shape index (κ2) is 7.79. The van der Waals surface area contributed by atoms with Gasteiger partial charge in [0.15, 0.2) is 11.5 Å². The molecule has 3 rings (SSSR count). The van der Waals surface area contributed by atoms with E-state index in [1.807, 2.05) is 12.1 Å². The fourth-order valence-corrected chi connectivity index (χ4v) is 3.58. The second-order valence-electron chi connectivity index (χ2n) is 6.64. The minimum Gasteiger partial charge on any atom is -0.493 e. The number of aryl methyl sites for hydroxylation is 1. The van der Waals surface area contributed by atoms with Crippen molar-refractivity contribution in [1.82, 2.24) is 5.32 Å². The summed E-state index contributed by atoms with van der Waals surface area (Å²) in [6.07, 6.45) is 2.38. The van der Waals surface area contributed by atoms with Gasteiger partial charge in [-0.2, -0.15) is 0 Å². The van der Waals surface area contributed by atoms with Crippen LogP contribution in [-0.4, -0.2) is 27.4 Å². The Morgan fingerprint density at radius 2 is 1.60 bits per heavy atom. The van der Waals surface area contributed by atoms with E-state index in [1.54, 1.807) is 21.3 Å². The second-order valence-corrected chi connectivity index (χ2v) is 6.64. The molecule has 1 aliphatic carbocycles. The van der Waals surface area contributed by atoms with Crippen LogP contribution in [0.1, 0.15) is 35.4 Å². The van der Waals surface area contributed by atoms with Crippen LogP contribution >= 0.6 is 0 Å². The molecule has 0 heterocycles. The lowest BCUT2D eigenvalue weighted by molar-refractivity contribution is 0.288. The highest BCUT2D eigenvalue weighted by molar-refractivity contribution is 5.53. The van der Waals surface area contributed by atoms with Crippen molar-refractivity contribution in [2.24, 2.45) is 0 Å². The summed E-state index contributed by atoms with van der Waals surface area (Å²) in [6, 6.07) is 13.3. The summed E-state index contributed by atoms with van der Waals surface area (Å²) < 4.78 is 16.2. The first-order valence-corrected chi connectivity index (χ1v) is 8.74. The predicted molar refractivity (Wildman–Crippen MR) is 99.9 cm³/mol. The predicted octanol–water partition coefficient (Wildman–Crippen LogP) is 4.06. The van der Waals surface area contributed by atoms with Gasteiger partial charge in [-0.1, -0.05) is 24.3 Å². The van der Waals surface area contributed by atoms with Gasteiger partial charge in [-0.3, -0.25) is 0 Å². The third-order valence-electron chi connectivity index (χ3n) is 5.09. The van der Waals surface area contributed by atoms with Crippen LogP contribution in [0.4, 0.5) is 0 Å². The summed E-state index contributed by atoms with van der Waals surface area (Å²) in [5.74, 6) is 2.71.